The van der Waals surface area contributed by atoms with Crippen molar-refractivity contribution in [3.05, 3.63) is 24.3 Å². The van der Waals surface area contributed by atoms with Crippen molar-refractivity contribution < 1.29 is 9.26 Å². The fourth-order valence-electron chi connectivity index (χ4n) is 3.36. The fraction of sp³-hybridized carbons (Fsp3) is 0.500. The van der Waals surface area contributed by atoms with Crippen molar-refractivity contribution in [3.63, 3.8) is 0 Å². The summed E-state index contributed by atoms with van der Waals surface area (Å²) in [4.78, 5) is 9.43. The van der Waals surface area contributed by atoms with Crippen LogP contribution in [0.2, 0.25) is 0 Å². The maximum absolute atomic E-state index is 5.48. The Morgan fingerprint density at radius 2 is 2.05 bits per heavy atom. The molecule has 2 bridgehead atoms. The minimum atomic E-state index is 0.537. The maximum atomic E-state index is 5.48. The van der Waals surface area contributed by atoms with Gasteiger partial charge in [-0.1, -0.05) is 6.07 Å². The molecule has 0 atom stereocenters. The van der Waals surface area contributed by atoms with Gasteiger partial charge in [-0.15, -0.1) is 0 Å². The fourth-order valence-corrected chi connectivity index (χ4v) is 3.36. The molecule has 0 N–H and O–H groups in total. The Labute approximate surface area is 129 Å². The van der Waals surface area contributed by atoms with Crippen LogP contribution < -0.4 is 9.64 Å². The maximum Gasteiger partial charge on any atom is 0.266 e. The van der Waals surface area contributed by atoms with Crippen molar-refractivity contribution in [2.75, 3.05) is 38.2 Å². The van der Waals surface area contributed by atoms with Crippen molar-refractivity contribution in [2.24, 2.45) is 0 Å². The van der Waals surface area contributed by atoms with Gasteiger partial charge in [0.25, 0.3) is 11.8 Å². The minimum Gasteiger partial charge on any atom is -0.497 e. The number of ether oxygens (including phenoxy) is 1. The Kier molecular flexibility index (Phi) is 3.46. The van der Waals surface area contributed by atoms with Crippen LogP contribution in [0.15, 0.2) is 28.8 Å². The molecule has 0 aliphatic carbocycles. The SMILES string of the molecule is COc1cccc(-c2nc(N3CCN4CCC3CC4)no2)c1. The third-order valence-corrected chi connectivity index (χ3v) is 4.64. The molecule has 0 saturated carbocycles. The number of aromatic nitrogens is 2. The van der Waals surface area contributed by atoms with Gasteiger partial charge in [0.1, 0.15) is 5.75 Å². The van der Waals surface area contributed by atoms with Crippen molar-refractivity contribution >= 4 is 5.95 Å². The predicted molar refractivity (Wildman–Crippen MR) is 83.1 cm³/mol. The first kappa shape index (κ1) is 13.6. The Bertz CT molecular complexity index is 649. The van der Waals surface area contributed by atoms with Gasteiger partial charge in [-0.2, -0.15) is 4.98 Å². The first-order valence-electron chi connectivity index (χ1n) is 7.80. The van der Waals surface area contributed by atoms with Crippen LogP contribution in [0.5, 0.6) is 5.75 Å². The normalized spacial score (nSPS) is 24.3. The summed E-state index contributed by atoms with van der Waals surface area (Å²) in [5.74, 6) is 2.05. The molecule has 0 spiro atoms. The summed E-state index contributed by atoms with van der Waals surface area (Å²) in [7, 11) is 1.65. The van der Waals surface area contributed by atoms with E-state index in [0.29, 0.717) is 17.9 Å². The van der Waals surface area contributed by atoms with Gasteiger partial charge >= 0.3 is 0 Å². The average Bonchev–Trinajstić information content (AvgIpc) is 2.88. The van der Waals surface area contributed by atoms with E-state index in [-0.39, 0.29) is 0 Å². The number of hydrogen-bond donors (Lipinski definition) is 0. The quantitative estimate of drug-likeness (QED) is 0.864. The van der Waals surface area contributed by atoms with Crippen molar-refractivity contribution in [3.8, 4) is 17.2 Å². The summed E-state index contributed by atoms with van der Waals surface area (Å²) in [5.41, 5.74) is 0.890. The number of rotatable bonds is 3. The zero-order valence-electron chi connectivity index (χ0n) is 12.7. The molecule has 6 nitrogen and oxygen atoms in total. The molecular weight excluding hydrogens is 280 g/mol. The zero-order valence-corrected chi connectivity index (χ0v) is 12.7. The van der Waals surface area contributed by atoms with Gasteiger partial charge in [-0.3, -0.25) is 0 Å². The molecule has 0 radical (unpaired) electrons. The first-order chi connectivity index (χ1) is 10.8. The molecule has 3 aliphatic rings. The molecule has 0 amide bonds. The van der Waals surface area contributed by atoms with Crippen LogP contribution in [0.1, 0.15) is 12.8 Å². The largest absolute Gasteiger partial charge is 0.497 e. The molecule has 6 heteroatoms. The molecule has 3 aliphatic heterocycles. The van der Waals surface area contributed by atoms with Gasteiger partial charge in [-0.25, -0.2) is 0 Å². The predicted octanol–water partition coefficient (Wildman–Crippen LogP) is 2.03. The smallest absolute Gasteiger partial charge is 0.266 e. The van der Waals surface area contributed by atoms with E-state index in [9.17, 15) is 0 Å². The van der Waals surface area contributed by atoms with E-state index >= 15 is 0 Å². The first-order valence-corrected chi connectivity index (χ1v) is 7.80. The Hall–Kier alpha value is -2.08. The lowest BCUT2D eigenvalue weighted by molar-refractivity contribution is 0.250. The number of fused-ring (bicyclic) bond motifs is 4. The third kappa shape index (κ3) is 2.43. The molecule has 1 aromatic heterocycles. The van der Waals surface area contributed by atoms with Crippen LogP contribution in [-0.2, 0) is 0 Å². The second-order valence-electron chi connectivity index (χ2n) is 5.90. The monoisotopic (exact) mass is 300 g/mol. The third-order valence-electron chi connectivity index (χ3n) is 4.64. The summed E-state index contributed by atoms with van der Waals surface area (Å²) < 4.78 is 10.7. The number of anilines is 1. The van der Waals surface area contributed by atoms with E-state index in [1.807, 2.05) is 24.3 Å². The van der Waals surface area contributed by atoms with E-state index in [0.717, 1.165) is 24.4 Å². The van der Waals surface area contributed by atoms with Crippen LogP contribution in [0.4, 0.5) is 5.95 Å². The average molecular weight is 300 g/mol. The molecule has 116 valence electrons. The number of nitrogens with zero attached hydrogens (tertiary/aromatic N) is 4. The van der Waals surface area contributed by atoms with Gasteiger partial charge in [0.15, 0.2) is 0 Å². The van der Waals surface area contributed by atoms with E-state index in [1.54, 1.807) is 7.11 Å². The topological polar surface area (TPSA) is 54.6 Å². The van der Waals surface area contributed by atoms with Gasteiger partial charge in [0.2, 0.25) is 0 Å². The summed E-state index contributed by atoms with van der Waals surface area (Å²) in [6.45, 7) is 4.42. The molecule has 4 heterocycles. The Morgan fingerprint density at radius 3 is 2.86 bits per heavy atom. The standard InChI is InChI=1S/C16H20N4O2/c1-21-14-4-2-3-12(11-14)15-17-16(18-22-15)20-10-9-19-7-5-13(20)6-8-19/h2-4,11,13H,5-10H2,1H3. The van der Waals surface area contributed by atoms with Crippen LogP contribution in [0, 0.1) is 0 Å². The molecule has 5 rings (SSSR count). The molecule has 2 aromatic rings. The Balaban J connectivity index is 1.60. The molecule has 3 fully saturated rings. The van der Waals surface area contributed by atoms with Crippen LogP contribution >= 0.6 is 0 Å². The second kappa shape index (κ2) is 5.61. The number of hydrogen-bond acceptors (Lipinski definition) is 6. The molecular formula is C16H20N4O2. The highest BCUT2D eigenvalue weighted by atomic mass is 16.5. The zero-order chi connectivity index (χ0) is 14.9. The number of piperidine rings is 1. The molecule has 0 unspecified atom stereocenters. The van der Waals surface area contributed by atoms with Gasteiger partial charge in [-0.05, 0) is 36.2 Å². The molecule has 1 aromatic carbocycles. The van der Waals surface area contributed by atoms with Gasteiger partial charge < -0.3 is 19.1 Å². The van der Waals surface area contributed by atoms with Gasteiger partial charge in [0.05, 0.1) is 7.11 Å². The van der Waals surface area contributed by atoms with Crippen molar-refractivity contribution in [1.82, 2.24) is 15.0 Å². The van der Waals surface area contributed by atoms with Crippen molar-refractivity contribution in [2.45, 2.75) is 18.9 Å². The summed E-state index contributed by atoms with van der Waals surface area (Å²) in [6.07, 6.45) is 2.37. The second-order valence-corrected chi connectivity index (χ2v) is 5.90. The van der Waals surface area contributed by atoms with Gasteiger partial charge in [0, 0.05) is 37.8 Å². The van der Waals surface area contributed by atoms with E-state index in [1.165, 1.54) is 25.9 Å². The minimum absolute atomic E-state index is 0.537. The summed E-state index contributed by atoms with van der Waals surface area (Å²) >= 11 is 0. The highest BCUT2D eigenvalue weighted by molar-refractivity contribution is 5.57. The van der Waals surface area contributed by atoms with Crippen LogP contribution in [0.25, 0.3) is 11.5 Å². The van der Waals surface area contributed by atoms with Crippen molar-refractivity contribution in [1.29, 1.82) is 0 Å². The Morgan fingerprint density at radius 1 is 1.18 bits per heavy atom. The lowest BCUT2D eigenvalue weighted by atomic mass is 10.1. The molecule has 22 heavy (non-hydrogen) atoms. The molecule has 3 saturated heterocycles. The van der Waals surface area contributed by atoms with E-state index < -0.39 is 0 Å². The van der Waals surface area contributed by atoms with E-state index in [2.05, 4.69) is 19.9 Å². The van der Waals surface area contributed by atoms with Crippen LogP contribution in [-0.4, -0.2) is 54.4 Å². The summed E-state index contributed by atoms with van der Waals surface area (Å²) in [5, 5.41) is 4.21. The van der Waals surface area contributed by atoms with Crippen LogP contribution in [0.3, 0.4) is 0 Å². The number of methoxy groups -OCH3 is 1. The lowest BCUT2D eigenvalue weighted by Gasteiger charge is -2.30. The highest BCUT2D eigenvalue weighted by Gasteiger charge is 2.31. The van der Waals surface area contributed by atoms with E-state index in [4.69, 9.17) is 9.26 Å². The number of benzene rings is 1. The lowest BCUT2D eigenvalue weighted by Crippen LogP contribution is -2.38. The summed E-state index contributed by atoms with van der Waals surface area (Å²) in [6, 6.07) is 8.24. The highest BCUT2D eigenvalue weighted by Crippen LogP contribution is 2.28.